The summed E-state index contributed by atoms with van der Waals surface area (Å²) in [5, 5.41) is 15.7. The molecule has 5 nitrogen and oxygen atoms in total. The van der Waals surface area contributed by atoms with Gasteiger partial charge in [0, 0.05) is 6.42 Å². The van der Waals surface area contributed by atoms with Crippen molar-refractivity contribution in [1.29, 1.82) is 0 Å². The Kier molecular flexibility index (Phi) is 4.83. The average Bonchev–Trinajstić information content (AvgIpc) is 2.65. The van der Waals surface area contributed by atoms with Crippen molar-refractivity contribution in [2.75, 3.05) is 6.54 Å². The minimum atomic E-state index is -0.974. The first-order valence-electron chi connectivity index (χ1n) is 5.61. The summed E-state index contributed by atoms with van der Waals surface area (Å²) in [7, 11) is 0. The van der Waals surface area contributed by atoms with E-state index >= 15 is 0 Å². The molecule has 4 N–H and O–H groups in total. The fraction of sp³-hybridized carbons (Fsp3) is 0.900. The molecule has 0 aromatic heterocycles. The van der Waals surface area contributed by atoms with E-state index in [-0.39, 0.29) is 17.8 Å². The smallest absolute Gasteiger partial charge is 0.304 e. The van der Waals surface area contributed by atoms with E-state index in [9.17, 15) is 0 Å². The van der Waals surface area contributed by atoms with Gasteiger partial charge in [-0.3, -0.25) is 0 Å². The molecule has 2 rings (SSSR count). The van der Waals surface area contributed by atoms with Crippen LogP contribution in [0.5, 0.6) is 0 Å². The molecule has 0 bridgehead atoms. The Balaban J connectivity index is 0.00000128. The van der Waals surface area contributed by atoms with Crippen LogP contribution < -0.4 is 11.1 Å². The van der Waals surface area contributed by atoms with Gasteiger partial charge in [0.1, 0.15) is 5.84 Å². The van der Waals surface area contributed by atoms with E-state index in [0.29, 0.717) is 6.54 Å². The summed E-state index contributed by atoms with van der Waals surface area (Å²) < 4.78 is 0. The molecular formula is C10H20ClN3O2. The topological polar surface area (TPSA) is 79.9 Å². The lowest BCUT2D eigenvalue weighted by Crippen LogP contribution is -2.39. The van der Waals surface area contributed by atoms with Gasteiger partial charge in [-0.1, -0.05) is 24.4 Å². The minimum absolute atomic E-state index is 0. The van der Waals surface area contributed by atoms with Crippen LogP contribution >= 0.6 is 12.4 Å². The third-order valence-electron chi connectivity index (χ3n) is 3.44. The van der Waals surface area contributed by atoms with Crippen molar-refractivity contribution in [3.8, 4) is 0 Å². The van der Waals surface area contributed by atoms with Crippen molar-refractivity contribution >= 4 is 18.2 Å². The van der Waals surface area contributed by atoms with Crippen molar-refractivity contribution < 1.29 is 9.94 Å². The highest BCUT2D eigenvalue weighted by atomic mass is 35.5. The third-order valence-corrected chi connectivity index (χ3v) is 3.44. The van der Waals surface area contributed by atoms with Crippen molar-refractivity contribution in [3.63, 3.8) is 0 Å². The molecule has 0 saturated heterocycles. The number of hydrogen-bond donors (Lipinski definition) is 3. The molecule has 0 spiro atoms. The van der Waals surface area contributed by atoms with Crippen LogP contribution in [0.1, 0.15) is 38.5 Å². The molecule has 1 atom stereocenters. The Hall–Kier alpha value is -0.520. The van der Waals surface area contributed by atoms with E-state index in [1.807, 2.05) is 0 Å². The molecule has 0 radical (unpaired) electrons. The maximum Gasteiger partial charge on any atom is 0.304 e. The Morgan fingerprint density at radius 2 is 2.12 bits per heavy atom. The Morgan fingerprint density at radius 1 is 1.44 bits per heavy atom. The van der Waals surface area contributed by atoms with Crippen LogP contribution in [0.25, 0.3) is 0 Å². The molecule has 1 unspecified atom stereocenters. The monoisotopic (exact) mass is 249 g/mol. The van der Waals surface area contributed by atoms with Crippen molar-refractivity contribution in [1.82, 2.24) is 5.32 Å². The summed E-state index contributed by atoms with van der Waals surface area (Å²) >= 11 is 0. The molecule has 16 heavy (non-hydrogen) atoms. The van der Waals surface area contributed by atoms with E-state index in [2.05, 4.69) is 15.3 Å². The fourth-order valence-electron chi connectivity index (χ4n) is 2.50. The van der Waals surface area contributed by atoms with Crippen LogP contribution in [0.15, 0.2) is 5.16 Å². The van der Waals surface area contributed by atoms with Gasteiger partial charge in [-0.25, -0.2) is 0 Å². The Morgan fingerprint density at radius 3 is 2.62 bits per heavy atom. The van der Waals surface area contributed by atoms with Crippen LogP contribution in [-0.2, 0) is 4.84 Å². The van der Waals surface area contributed by atoms with Gasteiger partial charge in [-0.05, 0) is 24.8 Å². The number of aliphatic hydroxyl groups excluding tert-OH is 1. The number of amidine groups is 1. The van der Waals surface area contributed by atoms with Gasteiger partial charge < -0.3 is 21.0 Å². The lowest BCUT2D eigenvalue weighted by atomic mass is 9.71. The van der Waals surface area contributed by atoms with E-state index in [1.165, 1.54) is 19.3 Å². The number of halogens is 1. The first-order valence-corrected chi connectivity index (χ1v) is 5.61. The van der Waals surface area contributed by atoms with Crippen molar-refractivity contribution in [2.45, 2.75) is 44.9 Å². The maximum atomic E-state index is 9.11. The van der Waals surface area contributed by atoms with E-state index < -0.39 is 6.41 Å². The number of nitrogens with one attached hydrogen (secondary N) is 1. The summed E-state index contributed by atoms with van der Waals surface area (Å²) in [6, 6.07) is 0. The summed E-state index contributed by atoms with van der Waals surface area (Å²) in [5.74, 6) is 0.731. The Labute approximate surface area is 102 Å². The number of hydrogen-bond acceptors (Lipinski definition) is 5. The van der Waals surface area contributed by atoms with Gasteiger partial charge in [-0.15, -0.1) is 12.4 Å². The van der Waals surface area contributed by atoms with Gasteiger partial charge in [0.25, 0.3) is 0 Å². The van der Waals surface area contributed by atoms with Crippen molar-refractivity contribution in [2.24, 2.45) is 16.3 Å². The minimum Gasteiger partial charge on any atom is -0.340 e. The molecule has 1 fully saturated rings. The number of oxime groups is 1. The molecule has 6 heteroatoms. The Bertz CT molecular complexity index is 254. The number of nitrogens with two attached hydrogens (primary N) is 1. The standard InChI is InChI=1S/C10H19N3O2.ClH/c11-7-10(4-2-1-3-5-10)6-8-12-9(14)15-13-8;/h9,14H,1-7,11H2,(H,12,13);1H. The highest BCUT2D eigenvalue weighted by Crippen LogP contribution is 2.38. The SMILES string of the molecule is Cl.NCC1(CC2=NOC(O)N2)CCCCC1. The van der Waals surface area contributed by atoms with Gasteiger partial charge >= 0.3 is 6.41 Å². The molecular weight excluding hydrogens is 230 g/mol. The first kappa shape index (κ1) is 13.5. The second-order valence-corrected chi connectivity index (χ2v) is 4.58. The fourth-order valence-corrected chi connectivity index (χ4v) is 2.50. The highest BCUT2D eigenvalue weighted by molar-refractivity contribution is 5.85. The number of rotatable bonds is 3. The predicted octanol–water partition coefficient (Wildman–Crippen LogP) is 0.917. The van der Waals surface area contributed by atoms with E-state index in [0.717, 1.165) is 25.1 Å². The molecule has 1 heterocycles. The van der Waals surface area contributed by atoms with Crippen LogP contribution in [0, 0.1) is 5.41 Å². The molecule has 0 aromatic carbocycles. The zero-order chi connectivity index (χ0) is 10.7. The van der Waals surface area contributed by atoms with Crippen LogP contribution in [0.3, 0.4) is 0 Å². The van der Waals surface area contributed by atoms with E-state index in [4.69, 9.17) is 10.8 Å². The molecule has 1 aliphatic heterocycles. The van der Waals surface area contributed by atoms with Crippen LogP contribution in [-0.4, -0.2) is 23.9 Å². The predicted molar refractivity (Wildman–Crippen MR) is 64.1 cm³/mol. The number of aliphatic hydroxyl groups is 1. The van der Waals surface area contributed by atoms with Gasteiger partial charge in [0.2, 0.25) is 0 Å². The quantitative estimate of drug-likeness (QED) is 0.695. The maximum absolute atomic E-state index is 9.11. The van der Waals surface area contributed by atoms with Crippen LogP contribution in [0.4, 0.5) is 0 Å². The molecule has 0 aromatic rings. The second kappa shape index (κ2) is 5.70. The van der Waals surface area contributed by atoms with Gasteiger partial charge in [-0.2, -0.15) is 0 Å². The third kappa shape index (κ3) is 2.99. The molecule has 94 valence electrons. The normalized spacial score (nSPS) is 27.4. The summed E-state index contributed by atoms with van der Waals surface area (Å²) in [6.07, 6.45) is 5.92. The van der Waals surface area contributed by atoms with Gasteiger partial charge in [0.05, 0.1) is 0 Å². The molecule has 1 saturated carbocycles. The molecule has 1 aliphatic carbocycles. The second-order valence-electron chi connectivity index (χ2n) is 4.58. The van der Waals surface area contributed by atoms with Crippen molar-refractivity contribution in [3.05, 3.63) is 0 Å². The van der Waals surface area contributed by atoms with Crippen LogP contribution in [0.2, 0.25) is 0 Å². The summed E-state index contributed by atoms with van der Waals surface area (Å²) in [6.45, 7) is 0.684. The zero-order valence-corrected chi connectivity index (χ0v) is 10.1. The highest BCUT2D eigenvalue weighted by Gasteiger charge is 2.34. The summed E-state index contributed by atoms with van der Waals surface area (Å²) in [5.41, 5.74) is 6.03. The first-order chi connectivity index (χ1) is 7.24. The molecule has 0 amide bonds. The average molecular weight is 250 g/mol. The lowest BCUT2D eigenvalue weighted by molar-refractivity contribution is -0.0896. The lowest BCUT2D eigenvalue weighted by Gasteiger charge is -2.35. The number of nitrogens with zero attached hydrogens (tertiary/aromatic N) is 1. The summed E-state index contributed by atoms with van der Waals surface area (Å²) in [4.78, 5) is 4.69. The molecule has 2 aliphatic rings. The van der Waals surface area contributed by atoms with Gasteiger partial charge in [0.15, 0.2) is 0 Å². The van der Waals surface area contributed by atoms with E-state index in [1.54, 1.807) is 0 Å². The zero-order valence-electron chi connectivity index (χ0n) is 9.32. The largest absolute Gasteiger partial charge is 0.340 e.